The third kappa shape index (κ3) is 2.01. The van der Waals surface area contributed by atoms with Crippen LogP contribution in [0.4, 0.5) is 0 Å². The first-order valence-electron chi connectivity index (χ1n) is 4.47. The monoisotopic (exact) mass is 234 g/mol. The van der Waals surface area contributed by atoms with E-state index in [2.05, 4.69) is 9.97 Å². The van der Waals surface area contributed by atoms with E-state index in [1.54, 1.807) is 12.1 Å². The summed E-state index contributed by atoms with van der Waals surface area (Å²) >= 11 is 5.75. The Morgan fingerprint density at radius 2 is 2.12 bits per heavy atom. The van der Waals surface area contributed by atoms with Gasteiger partial charge in [0.1, 0.15) is 0 Å². The maximum atomic E-state index is 11.0. The molecule has 0 fully saturated rings. The molecule has 1 N–H and O–H groups in total. The summed E-state index contributed by atoms with van der Waals surface area (Å²) in [6, 6.07) is 4.64. The van der Waals surface area contributed by atoms with Gasteiger partial charge in [-0.25, -0.2) is 4.79 Å². The number of hydrogen-bond donors (Lipinski definition) is 1. The van der Waals surface area contributed by atoms with Crippen LogP contribution in [0.1, 0.15) is 10.4 Å². The SMILES string of the molecule is O=C(O)c1cc(Cl)ccc1-c1cnccn1. The van der Waals surface area contributed by atoms with E-state index in [0.29, 0.717) is 16.3 Å². The molecule has 1 aromatic heterocycles. The highest BCUT2D eigenvalue weighted by Gasteiger charge is 2.12. The highest BCUT2D eigenvalue weighted by atomic mass is 35.5. The Labute approximate surface area is 96.6 Å². The van der Waals surface area contributed by atoms with E-state index in [4.69, 9.17) is 16.7 Å². The molecule has 0 aliphatic heterocycles. The average molecular weight is 235 g/mol. The molecule has 2 rings (SSSR count). The van der Waals surface area contributed by atoms with Crippen molar-refractivity contribution in [1.82, 2.24) is 9.97 Å². The van der Waals surface area contributed by atoms with E-state index < -0.39 is 5.97 Å². The molecule has 0 aliphatic carbocycles. The first kappa shape index (κ1) is 10.6. The maximum Gasteiger partial charge on any atom is 0.336 e. The Morgan fingerprint density at radius 1 is 1.31 bits per heavy atom. The Balaban J connectivity index is 2.61. The van der Waals surface area contributed by atoms with Crippen molar-refractivity contribution in [2.75, 3.05) is 0 Å². The summed E-state index contributed by atoms with van der Waals surface area (Å²) in [5.41, 5.74) is 1.13. The Bertz CT molecular complexity index is 529. The normalized spacial score (nSPS) is 10.1. The van der Waals surface area contributed by atoms with Gasteiger partial charge in [-0.15, -0.1) is 0 Å². The summed E-state index contributed by atoms with van der Waals surface area (Å²) in [6.07, 6.45) is 4.55. The van der Waals surface area contributed by atoms with Crippen molar-refractivity contribution in [3.8, 4) is 11.3 Å². The number of aromatic nitrogens is 2. The summed E-state index contributed by atoms with van der Waals surface area (Å²) in [5.74, 6) is -1.04. The lowest BCUT2D eigenvalue weighted by Crippen LogP contribution is -2.00. The van der Waals surface area contributed by atoms with Crippen molar-refractivity contribution in [1.29, 1.82) is 0 Å². The van der Waals surface area contributed by atoms with E-state index in [0.717, 1.165) is 0 Å². The second-order valence-electron chi connectivity index (χ2n) is 3.09. The van der Waals surface area contributed by atoms with Crippen molar-refractivity contribution < 1.29 is 9.90 Å². The second-order valence-corrected chi connectivity index (χ2v) is 3.52. The number of carboxylic acid groups (broad SMARTS) is 1. The molecule has 2 aromatic rings. The summed E-state index contributed by atoms with van der Waals surface area (Å²) in [4.78, 5) is 19.0. The number of hydrogen-bond acceptors (Lipinski definition) is 3. The first-order chi connectivity index (χ1) is 7.68. The van der Waals surface area contributed by atoms with Crippen molar-refractivity contribution >= 4 is 17.6 Å². The summed E-state index contributed by atoms with van der Waals surface area (Å²) in [6.45, 7) is 0. The molecule has 0 unspecified atom stereocenters. The standard InChI is InChI=1S/C11H7ClN2O2/c12-7-1-2-8(9(5-7)11(15)16)10-6-13-3-4-14-10/h1-6H,(H,15,16). The number of aromatic carboxylic acids is 1. The lowest BCUT2D eigenvalue weighted by atomic mass is 10.1. The molecule has 4 nitrogen and oxygen atoms in total. The van der Waals surface area contributed by atoms with Crippen molar-refractivity contribution in [3.05, 3.63) is 47.4 Å². The quantitative estimate of drug-likeness (QED) is 0.867. The molecule has 80 valence electrons. The highest BCUT2D eigenvalue weighted by molar-refractivity contribution is 6.31. The number of rotatable bonds is 2. The highest BCUT2D eigenvalue weighted by Crippen LogP contribution is 2.24. The average Bonchev–Trinajstić information content (AvgIpc) is 2.30. The van der Waals surface area contributed by atoms with Crippen LogP contribution in [0.15, 0.2) is 36.8 Å². The topological polar surface area (TPSA) is 63.1 Å². The minimum Gasteiger partial charge on any atom is -0.478 e. The van der Waals surface area contributed by atoms with Crippen molar-refractivity contribution in [2.24, 2.45) is 0 Å². The van der Waals surface area contributed by atoms with E-state index in [9.17, 15) is 4.79 Å². The molecule has 5 heteroatoms. The van der Waals surface area contributed by atoms with Crippen molar-refractivity contribution in [3.63, 3.8) is 0 Å². The van der Waals surface area contributed by atoms with E-state index in [1.165, 1.54) is 24.7 Å². The van der Waals surface area contributed by atoms with Gasteiger partial charge in [-0.05, 0) is 12.1 Å². The zero-order chi connectivity index (χ0) is 11.5. The number of nitrogens with zero attached hydrogens (tertiary/aromatic N) is 2. The number of halogens is 1. The molecule has 0 amide bonds. The van der Waals surface area contributed by atoms with Crippen LogP contribution in [0.2, 0.25) is 5.02 Å². The Hall–Kier alpha value is -1.94. The van der Waals surface area contributed by atoms with Crippen molar-refractivity contribution in [2.45, 2.75) is 0 Å². The molecule has 1 heterocycles. The van der Waals surface area contributed by atoms with E-state index in [1.807, 2.05) is 0 Å². The predicted molar refractivity (Wildman–Crippen MR) is 59.4 cm³/mol. The van der Waals surface area contributed by atoms with Gasteiger partial charge in [-0.1, -0.05) is 17.7 Å². The molecular weight excluding hydrogens is 228 g/mol. The van der Waals surface area contributed by atoms with Gasteiger partial charge in [-0.3, -0.25) is 9.97 Å². The third-order valence-electron chi connectivity index (χ3n) is 2.05. The molecule has 0 atom stereocenters. The van der Waals surface area contributed by atoms with Gasteiger partial charge in [0.15, 0.2) is 0 Å². The lowest BCUT2D eigenvalue weighted by Gasteiger charge is -2.04. The fourth-order valence-corrected chi connectivity index (χ4v) is 1.53. The van der Waals surface area contributed by atoms with Crippen LogP contribution in [0.3, 0.4) is 0 Å². The van der Waals surface area contributed by atoms with Crippen LogP contribution in [0.5, 0.6) is 0 Å². The van der Waals surface area contributed by atoms with Gasteiger partial charge >= 0.3 is 5.97 Å². The summed E-state index contributed by atoms with van der Waals surface area (Å²) in [5, 5.41) is 9.42. The molecular formula is C11H7ClN2O2. The van der Waals surface area contributed by atoms with Gasteiger partial charge < -0.3 is 5.11 Å². The second kappa shape index (κ2) is 4.28. The van der Waals surface area contributed by atoms with Crippen LogP contribution >= 0.6 is 11.6 Å². The molecule has 1 aromatic carbocycles. The zero-order valence-electron chi connectivity index (χ0n) is 8.09. The Morgan fingerprint density at radius 3 is 2.75 bits per heavy atom. The largest absolute Gasteiger partial charge is 0.478 e. The fourth-order valence-electron chi connectivity index (χ4n) is 1.35. The van der Waals surface area contributed by atoms with Gasteiger partial charge in [0.25, 0.3) is 0 Å². The third-order valence-corrected chi connectivity index (χ3v) is 2.29. The zero-order valence-corrected chi connectivity index (χ0v) is 8.85. The number of carboxylic acids is 1. The van der Waals surface area contributed by atoms with Gasteiger partial charge in [0.2, 0.25) is 0 Å². The van der Waals surface area contributed by atoms with Gasteiger partial charge in [0.05, 0.1) is 17.5 Å². The lowest BCUT2D eigenvalue weighted by molar-refractivity contribution is 0.0697. The van der Waals surface area contributed by atoms with Crippen LogP contribution < -0.4 is 0 Å². The Kier molecular flexibility index (Phi) is 2.83. The summed E-state index contributed by atoms with van der Waals surface area (Å²) < 4.78 is 0. The predicted octanol–water partition coefficient (Wildman–Crippen LogP) is 2.50. The molecule has 0 spiro atoms. The van der Waals surface area contributed by atoms with E-state index >= 15 is 0 Å². The fraction of sp³-hybridized carbons (Fsp3) is 0. The molecule has 0 bridgehead atoms. The minimum atomic E-state index is -1.04. The van der Waals surface area contributed by atoms with Crippen LogP contribution in [-0.2, 0) is 0 Å². The van der Waals surface area contributed by atoms with Gasteiger partial charge in [0, 0.05) is 23.0 Å². The van der Waals surface area contributed by atoms with Crippen LogP contribution in [-0.4, -0.2) is 21.0 Å². The number of benzene rings is 1. The maximum absolute atomic E-state index is 11.0. The van der Waals surface area contributed by atoms with Gasteiger partial charge in [-0.2, -0.15) is 0 Å². The summed E-state index contributed by atoms with van der Waals surface area (Å²) in [7, 11) is 0. The van der Waals surface area contributed by atoms with E-state index in [-0.39, 0.29) is 5.56 Å². The minimum absolute atomic E-state index is 0.119. The smallest absolute Gasteiger partial charge is 0.336 e. The molecule has 0 radical (unpaired) electrons. The van der Waals surface area contributed by atoms with Crippen LogP contribution in [0.25, 0.3) is 11.3 Å². The molecule has 0 saturated heterocycles. The first-order valence-corrected chi connectivity index (χ1v) is 4.85. The van der Waals surface area contributed by atoms with Crippen LogP contribution in [0, 0.1) is 0 Å². The molecule has 16 heavy (non-hydrogen) atoms. The molecule has 0 aliphatic rings. The number of carbonyl (C=O) groups is 1. The molecule has 0 saturated carbocycles.